The van der Waals surface area contributed by atoms with E-state index >= 15 is 0 Å². The molecule has 39 heavy (non-hydrogen) atoms. The van der Waals surface area contributed by atoms with Crippen LogP contribution in [0.1, 0.15) is 53.1 Å². The SMILES string of the molecule is O=C1NC2CC(c3c(OC(F)F)cccc31)n1c2nc2ccc(-c3cnc(N4C5CCC4COC5)nc3)cc21. The summed E-state index contributed by atoms with van der Waals surface area (Å²) in [5.41, 5.74) is 4.18. The monoisotopic (exact) mass is 530 g/mol. The maximum absolute atomic E-state index is 13.3. The van der Waals surface area contributed by atoms with E-state index in [1.54, 1.807) is 12.1 Å². The van der Waals surface area contributed by atoms with Gasteiger partial charge in [0.1, 0.15) is 11.6 Å². The van der Waals surface area contributed by atoms with Crippen molar-refractivity contribution in [3.05, 3.63) is 65.7 Å². The average Bonchev–Trinajstić information content (AvgIpc) is 3.52. The molecular weight excluding hydrogens is 506 g/mol. The highest BCUT2D eigenvalue weighted by atomic mass is 19.3. The number of amides is 1. The van der Waals surface area contributed by atoms with Crippen LogP contribution in [0.2, 0.25) is 0 Å². The minimum atomic E-state index is -3.00. The molecule has 4 atom stereocenters. The number of ether oxygens (including phenoxy) is 2. The summed E-state index contributed by atoms with van der Waals surface area (Å²) in [5.74, 6) is 1.12. The molecule has 0 aliphatic carbocycles. The minimum absolute atomic E-state index is 0.00947. The maximum Gasteiger partial charge on any atom is 0.387 e. The highest BCUT2D eigenvalue weighted by Gasteiger charge is 2.42. The third-order valence-electron chi connectivity index (χ3n) is 8.41. The third-order valence-corrected chi connectivity index (χ3v) is 8.41. The van der Waals surface area contributed by atoms with Crippen molar-refractivity contribution in [1.29, 1.82) is 0 Å². The Balaban J connectivity index is 1.20. The fourth-order valence-corrected chi connectivity index (χ4v) is 6.75. The lowest BCUT2D eigenvalue weighted by molar-refractivity contribution is -0.0507. The molecule has 2 aromatic carbocycles. The van der Waals surface area contributed by atoms with Gasteiger partial charge in [0.05, 0.1) is 48.4 Å². The molecule has 0 radical (unpaired) electrons. The van der Waals surface area contributed by atoms with E-state index < -0.39 is 6.61 Å². The predicted octanol–water partition coefficient (Wildman–Crippen LogP) is 4.24. The number of carbonyl (C=O) groups is 1. The summed E-state index contributed by atoms with van der Waals surface area (Å²) in [6.07, 6.45) is 6.37. The number of carbonyl (C=O) groups excluding carboxylic acids is 1. The van der Waals surface area contributed by atoms with Crippen LogP contribution < -0.4 is 15.0 Å². The number of nitrogens with zero attached hydrogens (tertiary/aromatic N) is 5. The van der Waals surface area contributed by atoms with E-state index in [1.165, 1.54) is 6.07 Å². The Kier molecular flexibility index (Phi) is 4.94. The Hall–Kier alpha value is -4.12. The van der Waals surface area contributed by atoms with Gasteiger partial charge in [0.15, 0.2) is 0 Å². The van der Waals surface area contributed by atoms with Crippen LogP contribution in [0.15, 0.2) is 48.8 Å². The summed E-state index contributed by atoms with van der Waals surface area (Å²) < 4.78 is 39.2. The number of imidazole rings is 1. The molecular formula is C28H24F2N6O3. The van der Waals surface area contributed by atoms with Crippen LogP contribution in [-0.2, 0) is 4.74 Å². The molecule has 198 valence electrons. The topological polar surface area (TPSA) is 94.4 Å². The summed E-state index contributed by atoms with van der Waals surface area (Å²) in [7, 11) is 0. The number of benzene rings is 2. The average molecular weight is 531 g/mol. The number of alkyl halides is 2. The molecule has 0 saturated carbocycles. The number of halogens is 2. The molecule has 4 aromatic rings. The van der Waals surface area contributed by atoms with Crippen molar-refractivity contribution in [1.82, 2.24) is 24.8 Å². The van der Waals surface area contributed by atoms with Crippen LogP contribution in [0.25, 0.3) is 22.2 Å². The Morgan fingerprint density at radius 1 is 1.05 bits per heavy atom. The van der Waals surface area contributed by atoms with Crippen molar-refractivity contribution in [2.75, 3.05) is 18.1 Å². The van der Waals surface area contributed by atoms with Crippen molar-refractivity contribution < 1.29 is 23.0 Å². The van der Waals surface area contributed by atoms with Gasteiger partial charge in [-0.2, -0.15) is 8.78 Å². The molecule has 0 spiro atoms. The van der Waals surface area contributed by atoms with Crippen LogP contribution in [-0.4, -0.2) is 57.3 Å². The van der Waals surface area contributed by atoms with E-state index in [-0.39, 0.29) is 23.7 Å². The number of anilines is 1. The summed E-state index contributed by atoms with van der Waals surface area (Å²) >= 11 is 0. The van der Waals surface area contributed by atoms with E-state index in [4.69, 9.17) is 24.4 Å². The first-order valence-electron chi connectivity index (χ1n) is 13.1. The zero-order valence-corrected chi connectivity index (χ0v) is 20.8. The van der Waals surface area contributed by atoms with E-state index in [0.717, 1.165) is 41.0 Å². The van der Waals surface area contributed by atoms with Gasteiger partial charge in [0.2, 0.25) is 5.95 Å². The zero-order valence-electron chi connectivity index (χ0n) is 20.8. The van der Waals surface area contributed by atoms with Crippen LogP contribution in [0.3, 0.4) is 0 Å². The molecule has 4 unspecified atom stereocenters. The Labute approximate surface area is 221 Å². The van der Waals surface area contributed by atoms with Crippen LogP contribution in [0, 0.1) is 0 Å². The predicted molar refractivity (Wildman–Crippen MR) is 137 cm³/mol. The lowest BCUT2D eigenvalue weighted by atomic mass is 9.97. The van der Waals surface area contributed by atoms with Crippen molar-refractivity contribution >= 4 is 22.9 Å². The molecule has 11 heteroatoms. The highest BCUT2D eigenvalue weighted by molar-refractivity contribution is 5.98. The minimum Gasteiger partial charge on any atom is -0.434 e. The number of morpholine rings is 1. The van der Waals surface area contributed by atoms with E-state index in [1.807, 2.05) is 35.2 Å². The van der Waals surface area contributed by atoms with E-state index in [9.17, 15) is 13.6 Å². The number of aromatic nitrogens is 4. The standard InChI is InChI=1S/C28H24F2N6O3/c29-27(30)39-23-3-1-2-18-24(23)22-9-20(34-26(18)37)25-33-19-7-4-14(8-21(19)36(22)25)15-10-31-28(32-11-15)35-16-5-6-17(35)13-38-12-16/h1-4,7-8,10-11,16-17,20,22,27H,5-6,9,12-13H2,(H,34,37). The van der Waals surface area contributed by atoms with Gasteiger partial charge < -0.3 is 24.3 Å². The fourth-order valence-electron chi connectivity index (χ4n) is 6.75. The molecule has 4 aliphatic heterocycles. The van der Waals surface area contributed by atoms with Crippen LogP contribution >= 0.6 is 0 Å². The summed E-state index contributed by atoms with van der Waals surface area (Å²) in [6.45, 7) is -1.58. The van der Waals surface area contributed by atoms with Crippen LogP contribution in [0.4, 0.5) is 14.7 Å². The van der Waals surface area contributed by atoms with Gasteiger partial charge in [-0.05, 0) is 49.1 Å². The normalized spacial score (nSPS) is 25.0. The molecule has 4 aliphatic rings. The van der Waals surface area contributed by atoms with Gasteiger partial charge in [0, 0.05) is 29.1 Å². The quantitative estimate of drug-likeness (QED) is 0.422. The molecule has 4 bridgehead atoms. The Morgan fingerprint density at radius 3 is 2.62 bits per heavy atom. The van der Waals surface area contributed by atoms with Crippen molar-refractivity contribution in [2.24, 2.45) is 0 Å². The molecule has 1 N–H and O–H groups in total. The van der Waals surface area contributed by atoms with Gasteiger partial charge >= 0.3 is 6.61 Å². The third kappa shape index (κ3) is 3.45. The molecule has 6 heterocycles. The number of rotatable bonds is 4. The smallest absolute Gasteiger partial charge is 0.387 e. The second-order valence-electron chi connectivity index (χ2n) is 10.5. The summed E-state index contributed by atoms with van der Waals surface area (Å²) in [4.78, 5) is 29.5. The first-order chi connectivity index (χ1) is 19.0. The number of fused-ring (bicyclic) bond motifs is 11. The van der Waals surface area contributed by atoms with Crippen LogP contribution in [0.5, 0.6) is 5.75 Å². The lowest BCUT2D eigenvalue weighted by Crippen LogP contribution is -2.46. The van der Waals surface area contributed by atoms with Gasteiger partial charge in [-0.15, -0.1) is 0 Å². The van der Waals surface area contributed by atoms with Crippen molar-refractivity contribution in [2.45, 2.75) is 50.0 Å². The lowest BCUT2D eigenvalue weighted by Gasteiger charge is -2.34. The molecule has 9 nitrogen and oxygen atoms in total. The molecule has 2 aromatic heterocycles. The summed E-state index contributed by atoms with van der Waals surface area (Å²) in [6, 6.07) is 10.6. The molecule has 1 amide bonds. The first kappa shape index (κ1) is 22.8. The number of hydrogen-bond donors (Lipinski definition) is 1. The maximum atomic E-state index is 13.3. The first-order valence-corrected chi connectivity index (χ1v) is 13.1. The Bertz CT molecular complexity index is 1610. The van der Waals surface area contributed by atoms with Crippen molar-refractivity contribution in [3.8, 4) is 16.9 Å². The summed E-state index contributed by atoms with van der Waals surface area (Å²) in [5, 5.41) is 3.02. The molecule has 2 saturated heterocycles. The van der Waals surface area contributed by atoms with Gasteiger partial charge in [-0.1, -0.05) is 12.1 Å². The highest BCUT2D eigenvalue weighted by Crippen LogP contribution is 2.47. The van der Waals surface area contributed by atoms with Gasteiger partial charge in [0.25, 0.3) is 5.91 Å². The van der Waals surface area contributed by atoms with Crippen molar-refractivity contribution in [3.63, 3.8) is 0 Å². The molecule has 8 rings (SSSR count). The second kappa shape index (κ2) is 8.44. The molecule has 2 fully saturated rings. The van der Waals surface area contributed by atoms with Gasteiger partial charge in [-0.25, -0.2) is 15.0 Å². The number of hydrogen-bond acceptors (Lipinski definition) is 7. The Morgan fingerprint density at radius 2 is 1.85 bits per heavy atom. The van der Waals surface area contributed by atoms with E-state index in [0.29, 0.717) is 48.7 Å². The van der Waals surface area contributed by atoms with E-state index in [2.05, 4.69) is 10.2 Å². The van der Waals surface area contributed by atoms with Gasteiger partial charge in [-0.3, -0.25) is 4.79 Å². The zero-order chi connectivity index (χ0) is 26.2. The number of nitrogens with one attached hydrogen (secondary N) is 1. The second-order valence-corrected chi connectivity index (χ2v) is 10.5. The largest absolute Gasteiger partial charge is 0.434 e. The fraction of sp³-hybridized carbons (Fsp3) is 0.357.